The lowest BCUT2D eigenvalue weighted by Crippen LogP contribution is -2.09. The molecule has 0 amide bonds. The third-order valence-electron chi connectivity index (χ3n) is 2.83. The lowest BCUT2D eigenvalue weighted by Gasteiger charge is -2.15. The van der Waals surface area contributed by atoms with Gasteiger partial charge < -0.3 is 15.8 Å². The van der Waals surface area contributed by atoms with Gasteiger partial charge in [0.05, 0.1) is 18.7 Å². The number of hydrogen-bond acceptors (Lipinski definition) is 6. The normalized spacial score (nSPS) is 11.4. The van der Waals surface area contributed by atoms with Crippen molar-refractivity contribution in [3.05, 3.63) is 41.5 Å². The van der Waals surface area contributed by atoms with E-state index in [9.17, 15) is 0 Å². The van der Waals surface area contributed by atoms with Crippen LogP contribution in [0.3, 0.4) is 0 Å². The molecule has 0 saturated carbocycles. The Morgan fingerprint density at radius 1 is 1.30 bits per heavy atom. The van der Waals surface area contributed by atoms with Crippen molar-refractivity contribution in [2.45, 2.75) is 13.0 Å². The molecule has 2 aromatic rings. The van der Waals surface area contributed by atoms with Gasteiger partial charge in [-0.2, -0.15) is 15.2 Å². The highest BCUT2D eigenvalue weighted by Gasteiger charge is 2.08. The second-order valence-corrected chi connectivity index (χ2v) is 4.25. The first-order valence-electron chi connectivity index (χ1n) is 6.07. The minimum atomic E-state index is 0.0155. The zero-order valence-electron chi connectivity index (χ0n) is 11.3. The summed E-state index contributed by atoms with van der Waals surface area (Å²) in [5, 5.41) is 12.0. The predicted molar refractivity (Wildman–Crippen MR) is 76.2 cm³/mol. The highest BCUT2D eigenvalue weighted by atomic mass is 16.5. The summed E-state index contributed by atoms with van der Waals surface area (Å²) < 4.78 is 5.05. The third-order valence-corrected chi connectivity index (χ3v) is 2.83. The quantitative estimate of drug-likeness (QED) is 0.882. The van der Waals surface area contributed by atoms with Crippen molar-refractivity contribution in [2.75, 3.05) is 18.2 Å². The van der Waals surface area contributed by atoms with Crippen LogP contribution < -0.4 is 15.8 Å². The molecule has 6 heteroatoms. The summed E-state index contributed by atoms with van der Waals surface area (Å²) in [4.78, 5) is 8.03. The number of benzene rings is 1. The molecule has 0 saturated heterocycles. The molecule has 1 unspecified atom stereocenters. The molecule has 20 heavy (non-hydrogen) atoms. The van der Waals surface area contributed by atoms with Crippen molar-refractivity contribution in [3.63, 3.8) is 0 Å². The van der Waals surface area contributed by atoms with Crippen LogP contribution in [0.2, 0.25) is 0 Å². The van der Waals surface area contributed by atoms with Gasteiger partial charge in [0.25, 0.3) is 0 Å². The van der Waals surface area contributed by atoms with Crippen LogP contribution in [0.15, 0.2) is 30.3 Å². The van der Waals surface area contributed by atoms with E-state index in [2.05, 4.69) is 21.4 Å². The molecule has 1 heterocycles. The van der Waals surface area contributed by atoms with Gasteiger partial charge in [0.15, 0.2) is 0 Å². The highest BCUT2D eigenvalue weighted by molar-refractivity contribution is 5.45. The first-order valence-corrected chi connectivity index (χ1v) is 6.07. The number of ether oxygens (including phenoxy) is 1. The van der Waals surface area contributed by atoms with Gasteiger partial charge in [-0.05, 0) is 24.6 Å². The molecule has 0 fully saturated rings. The number of nitrogen functional groups attached to an aromatic ring is 1. The number of rotatable bonds is 4. The number of aromatic nitrogens is 2. The zero-order chi connectivity index (χ0) is 14.5. The molecule has 1 atom stereocenters. The molecule has 1 aromatic carbocycles. The number of hydrogen-bond donors (Lipinski definition) is 2. The van der Waals surface area contributed by atoms with Crippen molar-refractivity contribution < 1.29 is 4.74 Å². The smallest absolute Gasteiger partial charge is 0.225 e. The first kappa shape index (κ1) is 13.6. The third kappa shape index (κ3) is 3.14. The van der Waals surface area contributed by atoms with Gasteiger partial charge in [-0.15, -0.1) is 0 Å². The van der Waals surface area contributed by atoms with Crippen LogP contribution in [0.1, 0.15) is 24.1 Å². The van der Waals surface area contributed by atoms with E-state index in [1.165, 1.54) is 7.11 Å². The molecule has 6 nitrogen and oxygen atoms in total. The Kier molecular flexibility index (Phi) is 4.01. The van der Waals surface area contributed by atoms with E-state index in [0.717, 1.165) is 5.56 Å². The van der Waals surface area contributed by atoms with Crippen LogP contribution in [0.4, 0.5) is 11.8 Å². The molecule has 0 aliphatic rings. The average molecular weight is 269 g/mol. The fraction of sp³-hybridized carbons (Fsp3) is 0.214. The lowest BCUT2D eigenvalue weighted by atomic mass is 10.1. The summed E-state index contributed by atoms with van der Waals surface area (Å²) in [6.45, 7) is 1.99. The van der Waals surface area contributed by atoms with E-state index in [4.69, 9.17) is 15.7 Å². The van der Waals surface area contributed by atoms with Gasteiger partial charge in [-0.25, -0.2) is 0 Å². The van der Waals surface area contributed by atoms with E-state index in [1.807, 2.05) is 19.1 Å². The van der Waals surface area contributed by atoms with Crippen LogP contribution in [0.25, 0.3) is 0 Å². The maximum Gasteiger partial charge on any atom is 0.225 e. The van der Waals surface area contributed by atoms with Gasteiger partial charge in [0.1, 0.15) is 5.82 Å². The Balaban J connectivity index is 2.16. The van der Waals surface area contributed by atoms with Gasteiger partial charge in [0, 0.05) is 12.1 Å². The number of anilines is 2. The molecule has 2 rings (SSSR count). The van der Waals surface area contributed by atoms with Crippen molar-refractivity contribution in [3.8, 4) is 11.9 Å². The highest BCUT2D eigenvalue weighted by Crippen LogP contribution is 2.21. The van der Waals surface area contributed by atoms with Crippen LogP contribution >= 0.6 is 0 Å². The summed E-state index contributed by atoms with van der Waals surface area (Å²) >= 11 is 0. The SMILES string of the molecule is COc1cc(NC(C)c2ccc(C#N)cc2)nc(N)n1. The zero-order valence-corrected chi connectivity index (χ0v) is 11.3. The first-order chi connectivity index (χ1) is 9.62. The molecule has 0 spiro atoms. The van der Waals surface area contributed by atoms with Crippen LogP contribution in [-0.2, 0) is 0 Å². The maximum absolute atomic E-state index is 8.78. The van der Waals surface area contributed by atoms with Crippen molar-refractivity contribution >= 4 is 11.8 Å². The average Bonchev–Trinajstić information content (AvgIpc) is 2.46. The minimum Gasteiger partial charge on any atom is -0.481 e. The van der Waals surface area contributed by atoms with E-state index in [1.54, 1.807) is 18.2 Å². The number of methoxy groups -OCH3 is 1. The number of nitriles is 1. The molecule has 102 valence electrons. The van der Waals surface area contributed by atoms with Crippen molar-refractivity contribution in [1.29, 1.82) is 5.26 Å². The minimum absolute atomic E-state index is 0.0155. The number of nitrogens with one attached hydrogen (secondary N) is 1. The van der Waals surface area contributed by atoms with Crippen LogP contribution in [-0.4, -0.2) is 17.1 Å². The molecule has 1 aromatic heterocycles. The molecule has 0 aliphatic heterocycles. The largest absolute Gasteiger partial charge is 0.481 e. The topological polar surface area (TPSA) is 96.8 Å². The summed E-state index contributed by atoms with van der Waals surface area (Å²) in [6, 6.07) is 11.1. The molecular weight excluding hydrogens is 254 g/mol. The van der Waals surface area contributed by atoms with E-state index < -0.39 is 0 Å². The summed E-state index contributed by atoms with van der Waals surface area (Å²) in [5.41, 5.74) is 7.28. The number of nitrogens with two attached hydrogens (primary N) is 1. The van der Waals surface area contributed by atoms with Gasteiger partial charge in [-0.1, -0.05) is 12.1 Å². The van der Waals surface area contributed by atoms with E-state index in [0.29, 0.717) is 17.3 Å². The predicted octanol–water partition coefficient (Wildman–Crippen LogP) is 2.11. The Bertz CT molecular complexity index is 633. The van der Waals surface area contributed by atoms with E-state index >= 15 is 0 Å². The molecule has 0 aliphatic carbocycles. The Labute approximate surface area is 117 Å². The van der Waals surface area contributed by atoms with Gasteiger partial charge in [0.2, 0.25) is 11.8 Å². The van der Waals surface area contributed by atoms with Crippen LogP contribution in [0, 0.1) is 11.3 Å². The Hall–Kier alpha value is -2.81. The molecular formula is C14H15N5O. The van der Waals surface area contributed by atoms with Crippen molar-refractivity contribution in [2.24, 2.45) is 0 Å². The van der Waals surface area contributed by atoms with Crippen molar-refractivity contribution in [1.82, 2.24) is 9.97 Å². The van der Waals surface area contributed by atoms with Crippen LogP contribution in [0.5, 0.6) is 5.88 Å². The van der Waals surface area contributed by atoms with Gasteiger partial charge in [-0.3, -0.25) is 0 Å². The molecule has 0 radical (unpaired) electrons. The maximum atomic E-state index is 8.78. The van der Waals surface area contributed by atoms with E-state index in [-0.39, 0.29) is 12.0 Å². The summed E-state index contributed by atoms with van der Waals surface area (Å²) in [7, 11) is 1.52. The van der Waals surface area contributed by atoms with Gasteiger partial charge >= 0.3 is 0 Å². The second kappa shape index (κ2) is 5.89. The lowest BCUT2D eigenvalue weighted by molar-refractivity contribution is 0.398. The standard InChI is InChI=1S/C14H15N5O/c1-9(11-5-3-10(8-15)4-6-11)17-12-7-13(20-2)19-14(16)18-12/h3-7,9H,1-2H3,(H3,16,17,18,19). The molecule has 3 N–H and O–H groups in total. The number of nitrogens with zero attached hydrogens (tertiary/aromatic N) is 3. The molecule has 0 bridgehead atoms. The summed E-state index contributed by atoms with van der Waals surface area (Å²) in [6.07, 6.45) is 0. The Morgan fingerprint density at radius 3 is 2.60 bits per heavy atom. The Morgan fingerprint density at radius 2 is 2.00 bits per heavy atom. The summed E-state index contributed by atoms with van der Waals surface area (Å²) in [5.74, 6) is 1.15. The fourth-order valence-corrected chi connectivity index (χ4v) is 1.77. The second-order valence-electron chi connectivity index (χ2n) is 4.25. The fourth-order valence-electron chi connectivity index (χ4n) is 1.77. The monoisotopic (exact) mass is 269 g/mol.